The lowest BCUT2D eigenvalue weighted by atomic mass is 9.45. The molecular weight excluding hydrogens is 347 g/mol. The minimum atomic E-state index is 0.0944. The molecule has 0 bridgehead atoms. The average Bonchev–Trinajstić information content (AvgIpc) is 2.72. The molecule has 1 saturated heterocycles. The van der Waals surface area contributed by atoms with Gasteiger partial charge >= 0.3 is 0 Å². The highest BCUT2D eigenvalue weighted by Gasteiger charge is 2.24. The van der Waals surface area contributed by atoms with Gasteiger partial charge in [0, 0.05) is 19.1 Å². The summed E-state index contributed by atoms with van der Waals surface area (Å²) >= 11 is 0. The van der Waals surface area contributed by atoms with Crippen LogP contribution in [0.4, 0.5) is 0 Å². The lowest BCUT2D eigenvalue weighted by Gasteiger charge is -2.27. The predicted molar refractivity (Wildman–Crippen MR) is 106 cm³/mol. The number of nitrogens with zero attached hydrogens (tertiary/aromatic N) is 2. The van der Waals surface area contributed by atoms with E-state index in [-0.39, 0.29) is 12.6 Å². The Morgan fingerprint density at radius 3 is 1.93 bits per heavy atom. The normalized spacial score (nSPS) is 13.3. The zero-order valence-corrected chi connectivity index (χ0v) is 16.8. The molecule has 0 aromatic heterocycles. The molecule has 152 valence electrons. The highest BCUT2D eigenvalue weighted by molar-refractivity contribution is 6.67. The van der Waals surface area contributed by atoms with Crippen LogP contribution in [0.1, 0.15) is 20.3 Å². The van der Waals surface area contributed by atoms with Crippen molar-refractivity contribution in [2.45, 2.75) is 32.9 Å². The van der Waals surface area contributed by atoms with E-state index in [9.17, 15) is 4.79 Å². The number of carbonyl (C=O) groups is 1. The monoisotopic (exact) mass is 380 g/mol. The van der Waals surface area contributed by atoms with Crippen molar-refractivity contribution in [1.82, 2.24) is 4.90 Å². The molecule has 1 amide bonds. The second-order valence-corrected chi connectivity index (χ2v) is 5.63. The van der Waals surface area contributed by atoms with E-state index >= 15 is 0 Å². The molecule has 8 heteroatoms. The maximum atomic E-state index is 12.0. The van der Waals surface area contributed by atoms with Gasteiger partial charge in [0.15, 0.2) is 0 Å². The maximum absolute atomic E-state index is 12.0. The highest BCUT2D eigenvalue weighted by atomic mass is 16.6. The minimum absolute atomic E-state index is 0.0944. The lowest BCUT2D eigenvalue weighted by molar-refractivity contribution is -0.132. The molecule has 1 fully saturated rings. The first-order chi connectivity index (χ1) is 13.3. The van der Waals surface area contributed by atoms with Crippen LogP contribution in [0, 0.1) is 23.6 Å². The molecule has 27 heavy (non-hydrogen) atoms. The van der Waals surface area contributed by atoms with Gasteiger partial charge in [0.05, 0.1) is 52.7 Å². The van der Waals surface area contributed by atoms with Crippen molar-refractivity contribution in [3.05, 3.63) is 0 Å². The average molecular weight is 380 g/mol. The number of carbonyl (C=O) groups excluding carboxylic acids is 1. The molecule has 0 saturated carbocycles. The van der Waals surface area contributed by atoms with Gasteiger partial charge in [-0.2, -0.15) is 0 Å². The van der Waals surface area contributed by atoms with Crippen LogP contribution in [0.3, 0.4) is 0 Å². The fourth-order valence-corrected chi connectivity index (χ4v) is 2.37. The molecule has 0 aliphatic carbocycles. The Balaban J connectivity index is 0.00000326. The van der Waals surface area contributed by atoms with Crippen LogP contribution in [0.15, 0.2) is 0 Å². The molecule has 0 radical (unpaired) electrons. The zero-order chi connectivity index (χ0) is 20.2. The minimum Gasteiger partial charge on any atom is -0.379 e. The first kappa shape index (κ1) is 25.4. The van der Waals surface area contributed by atoms with E-state index in [1.165, 1.54) is 0 Å². The Kier molecular flexibility index (Phi) is 18.1. The van der Waals surface area contributed by atoms with Crippen LogP contribution in [0.25, 0.3) is 0 Å². The Labute approximate surface area is 164 Å². The number of hydrogen-bond acceptors (Lipinski definition) is 6. The SMILES string of the molecule is C#CCOCCOCCOCCOCCC(=O)N1CCB(C#N)CC1.CC. The largest absolute Gasteiger partial charge is 0.379 e. The molecule has 0 aromatic carbocycles. The number of ether oxygens (including phenoxy) is 4. The summed E-state index contributed by atoms with van der Waals surface area (Å²) in [4.78, 5) is 13.8. The maximum Gasteiger partial charge on any atom is 0.271 e. The number of rotatable bonds is 13. The molecule has 1 aliphatic heterocycles. The summed E-state index contributed by atoms with van der Waals surface area (Å²) in [7, 11) is 0. The molecular formula is C19H33BN2O5. The van der Waals surface area contributed by atoms with Gasteiger partial charge in [0.25, 0.3) is 6.71 Å². The molecule has 0 N–H and O–H groups in total. The molecule has 1 rings (SSSR count). The smallest absolute Gasteiger partial charge is 0.271 e. The van der Waals surface area contributed by atoms with E-state index in [1.54, 1.807) is 0 Å². The van der Waals surface area contributed by atoms with Crippen molar-refractivity contribution in [3.8, 4) is 18.3 Å². The third-order valence-electron chi connectivity index (χ3n) is 3.79. The van der Waals surface area contributed by atoms with Gasteiger partial charge in [-0.15, -0.1) is 6.42 Å². The number of terminal acetylenes is 1. The highest BCUT2D eigenvalue weighted by Crippen LogP contribution is 2.11. The molecule has 1 aliphatic rings. The number of nitriles is 1. The fourth-order valence-electron chi connectivity index (χ4n) is 2.37. The van der Waals surface area contributed by atoms with Crippen LogP contribution in [0.2, 0.25) is 12.6 Å². The van der Waals surface area contributed by atoms with E-state index < -0.39 is 0 Å². The van der Waals surface area contributed by atoms with E-state index in [2.05, 4.69) is 11.9 Å². The van der Waals surface area contributed by atoms with Gasteiger partial charge in [-0.05, 0) is 12.6 Å². The van der Waals surface area contributed by atoms with E-state index in [4.69, 9.17) is 30.6 Å². The third kappa shape index (κ3) is 14.2. The van der Waals surface area contributed by atoms with Gasteiger partial charge in [-0.3, -0.25) is 4.79 Å². The summed E-state index contributed by atoms with van der Waals surface area (Å²) < 4.78 is 21.1. The predicted octanol–water partition coefficient (Wildman–Crippen LogP) is 1.50. The lowest BCUT2D eigenvalue weighted by Crippen LogP contribution is -2.40. The Hall–Kier alpha value is -1.58. The Morgan fingerprint density at radius 2 is 1.44 bits per heavy atom. The van der Waals surface area contributed by atoms with Crippen LogP contribution < -0.4 is 0 Å². The topological polar surface area (TPSA) is 81.0 Å². The molecule has 7 nitrogen and oxygen atoms in total. The van der Waals surface area contributed by atoms with Gasteiger partial charge in [0.1, 0.15) is 6.61 Å². The Bertz CT molecular complexity index is 442. The van der Waals surface area contributed by atoms with Gasteiger partial charge in [0.2, 0.25) is 5.91 Å². The molecule has 1 heterocycles. The van der Waals surface area contributed by atoms with Gasteiger partial charge in [-0.1, -0.05) is 19.8 Å². The summed E-state index contributed by atoms with van der Waals surface area (Å²) in [6.07, 6.45) is 6.96. The standard InChI is InChI=1S/C17H27BN2O5.C2H6/c1-2-8-22-10-12-24-14-15-25-13-11-23-9-3-17(21)20-6-4-18(16-19)5-7-20;1-2/h1H,3-15H2;1-2H3. The van der Waals surface area contributed by atoms with Gasteiger partial charge in [-0.25, -0.2) is 5.26 Å². The zero-order valence-electron chi connectivity index (χ0n) is 16.8. The van der Waals surface area contributed by atoms with Crippen molar-refractivity contribution < 1.29 is 23.7 Å². The molecule has 0 atom stereocenters. The van der Waals surface area contributed by atoms with Crippen molar-refractivity contribution in [1.29, 1.82) is 5.26 Å². The quantitative estimate of drug-likeness (QED) is 0.274. The Morgan fingerprint density at radius 1 is 0.963 bits per heavy atom. The van der Waals surface area contributed by atoms with Crippen LogP contribution in [-0.2, 0) is 23.7 Å². The number of amides is 1. The summed E-state index contributed by atoms with van der Waals surface area (Å²) in [5.74, 6) is 4.74. The molecule has 0 spiro atoms. The second-order valence-electron chi connectivity index (χ2n) is 5.63. The van der Waals surface area contributed by atoms with Crippen LogP contribution in [0.5, 0.6) is 0 Å². The summed E-state index contributed by atoms with van der Waals surface area (Å²) in [6, 6.07) is 0. The van der Waals surface area contributed by atoms with E-state index in [0.717, 1.165) is 12.6 Å². The summed E-state index contributed by atoms with van der Waals surface area (Å²) in [5, 5.41) is 8.85. The van der Waals surface area contributed by atoms with E-state index in [1.807, 2.05) is 18.7 Å². The second kappa shape index (κ2) is 19.2. The first-order valence-corrected chi connectivity index (χ1v) is 9.69. The van der Waals surface area contributed by atoms with Crippen molar-refractivity contribution in [2.24, 2.45) is 0 Å². The fraction of sp³-hybridized carbons (Fsp3) is 0.789. The van der Waals surface area contributed by atoms with Crippen molar-refractivity contribution in [3.63, 3.8) is 0 Å². The first-order valence-electron chi connectivity index (χ1n) is 9.69. The van der Waals surface area contributed by atoms with Crippen molar-refractivity contribution >= 4 is 12.6 Å². The van der Waals surface area contributed by atoms with Crippen molar-refractivity contribution in [2.75, 3.05) is 65.9 Å². The number of hydrogen-bond donors (Lipinski definition) is 0. The van der Waals surface area contributed by atoms with E-state index in [0.29, 0.717) is 72.4 Å². The third-order valence-corrected chi connectivity index (χ3v) is 3.79. The molecule has 0 aromatic rings. The van der Waals surface area contributed by atoms with Gasteiger partial charge < -0.3 is 23.8 Å². The van der Waals surface area contributed by atoms with Crippen LogP contribution in [-0.4, -0.2) is 83.5 Å². The summed E-state index contributed by atoms with van der Waals surface area (Å²) in [6.45, 7) is 9.03. The van der Waals surface area contributed by atoms with Crippen LogP contribution >= 0.6 is 0 Å². The summed E-state index contributed by atoms with van der Waals surface area (Å²) in [5.41, 5.74) is 0. The molecule has 0 unspecified atom stereocenters.